The van der Waals surface area contributed by atoms with E-state index in [0.29, 0.717) is 44.0 Å². The number of carbonyl (C=O) groups excluding carboxylic acids is 1. The van der Waals surface area contributed by atoms with Crippen molar-refractivity contribution >= 4 is 11.8 Å². The zero-order valence-corrected chi connectivity index (χ0v) is 12.5. The molecule has 116 valence electrons. The third-order valence-corrected chi connectivity index (χ3v) is 3.71. The van der Waals surface area contributed by atoms with E-state index in [-0.39, 0.29) is 11.8 Å². The molecular weight excluding hydrogens is 275 g/mol. The molecule has 6 nitrogen and oxygen atoms in total. The summed E-state index contributed by atoms with van der Waals surface area (Å²) in [7, 11) is 1.39. The topological polar surface area (TPSA) is 58.6 Å². The van der Waals surface area contributed by atoms with E-state index in [9.17, 15) is 9.18 Å². The van der Waals surface area contributed by atoms with E-state index in [0.717, 1.165) is 13.1 Å². The van der Waals surface area contributed by atoms with Crippen LogP contribution in [0, 0.1) is 5.82 Å². The van der Waals surface area contributed by atoms with Crippen LogP contribution >= 0.6 is 0 Å². The van der Waals surface area contributed by atoms with Crippen molar-refractivity contribution < 1.29 is 13.9 Å². The maximum Gasteiger partial charge on any atom is 0.306 e. The summed E-state index contributed by atoms with van der Waals surface area (Å²) in [6.45, 7) is 5.49. The molecule has 1 fully saturated rings. The van der Waals surface area contributed by atoms with Crippen molar-refractivity contribution in [3.05, 3.63) is 17.8 Å². The number of piperazine rings is 1. The van der Waals surface area contributed by atoms with Gasteiger partial charge in [0.15, 0.2) is 11.6 Å². The van der Waals surface area contributed by atoms with Crippen molar-refractivity contribution in [1.29, 1.82) is 0 Å². The van der Waals surface area contributed by atoms with Gasteiger partial charge in [0.05, 0.1) is 19.2 Å². The van der Waals surface area contributed by atoms with Gasteiger partial charge in [-0.1, -0.05) is 6.92 Å². The van der Waals surface area contributed by atoms with Crippen molar-refractivity contribution in [3.63, 3.8) is 0 Å². The summed E-state index contributed by atoms with van der Waals surface area (Å²) in [6, 6.07) is 0. The molecule has 2 rings (SSSR count). The molecule has 0 saturated carbocycles. The predicted molar refractivity (Wildman–Crippen MR) is 76.7 cm³/mol. The first-order valence-corrected chi connectivity index (χ1v) is 7.19. The largest absolute Gasteiger partial charge is 0.469 e. The minimum atomic E-state index is -0.317. The van der Waals surface area contributed by atoms with Gasteiger partial charge in [-0.3, -0.25) is 9.69 Å². The minimum absolute atomic E-state index is 0.202. The second-order valence-corrected chi connectivity index (χ2v) is 4.97. The summed E-state index contributed by atoms with van der Waals surface area (Å²) in [5.41, 5.74) is 0.452. The highest BCUT2D eigenvalue weighted by molar-refractivity contribution is 5.69. The van der Waals surface area contributed by atoms with Crippen molar-refractivity contribution in [3.8, 4) is 0 Å². The Hall–Kier alpha value is -1.76. The molecule has 0 bridgehead atoms. The second kappa shape index (κ2) is 7.31. The maximum absolute atomic E-state index is 14.2. The Balaban J connectivity index is 1.91. The Morgan fingerprint density at radius 3 is 2.67 bits per heavy atom. The molecule has 0 radical (unpaired) electrons. The molecule has 0 aliphatic carbocycles. The summed E-state index contributed by atoms with van der Waals surface area (Å²) >= 11 is 0. The molecular formula is C14H21FN4O2. The van der Waals surface area contributed by atoms with E-state index >= 15 is 0 Å². The number of hydrogen-bond donors (Lipinski definition) is 0. The van der Waals surface area contributed by atoms with Crippen molar-refractivity contribution in [2.75, 3.05) is 44.7 Å². The van der Waals surface area contributed by atoms with Crippen LogP contribution < -0.4 is 4.90 Å². The van der Waals surface area contributed by atoms with Crippen LogP contribution in [0.3, 0.4) is 0 Å². The lowest BCUT2D eigenvalue weighted by Crippen LogP contribution is -2.47. The number of esters is 1. The normalized spacial score (nSPS) is 16.0. The fraction of sp³-hybridized carbons (Fsp3) is 0.643. The fourth-order valence-electron chi connectivity index (χ4n) is 2.40. The lowest BCUT2D eigenvalue weighted by atomic mass is 10.2. The van der Waals surface area contributed by atoms with Gasteiger partial charge in [0.25, 0.3) is 0 Å². The number of anilines is 1. The molecule has 1 aromatic heterocycles. The number of halogens is 1. The van der Waals surface area contributed by atoms with Crippen LogP contribution in [0.15, 0.2) is 6.33 Å². The number of aromatic nitrogens is 2. The van der Waals surface area contributed by atoms with E-state index in [1.54, 1.807) is 0 Å². The molecule has 7 heteroatoms. The lowest BCUT2D eigenvalue weighted by molar-refractivity contribution is -0.141. The number of carbonyl (C=O) groups is 1. The molecule has 21 heavy (non-hydrogen) atoms. The second-order valence-electron chi connectivity index (χ2n) is 4.97. The van der Waals surface area contributed by atoms with Crippen LogP contribution in [0.4, 0.5) is 10.2 Å². The zero-order chi connectivity index (χ0) is 15.2. The SMILES string of the molecule is CCc1ncnc(N2CCN(CCC(=O)OC)CC2)c1F. The molecule has 2 heterocycles. The quantitative estimate of drug-likeness (QED) is 0.751. The van der Waals surface area contributed by atoms with Gasteiger partial charge in [-0.15, -0.1) is 0 Å². The third-order valence-electron chi connectivity index (χ3n) is 3.71. The Morgan fingerprint density at radius 2 is 2.05 bits per heavy atom. The molecule has 0 aromatic carbocycles. The highest BCUT2D eigenvalue weighted by Crippen LogP contribution is 2.19. The first kappa shape index (κ1) is 15.6. The average molecular weight is 296 g/mol. The van der Waals surface area contributed by atoms with E-state index in [2.05, 4.69) is 19.6 Å². The van der Waals surface area contributed by atoms with Gasteiger partial charge < -0.3 is 9.64 Å². The highest BCUT2D eigenvalue weighted by atomic mass is 19.1. The standard InChI is InChI=1S/C14H21FN4O2/c1-3-11-13(15)14(17-10-16-11)19-8-6-18(7-9-19)5-4-12(20)21-2/h10H,3-9H2,1-2H3. The van der Waals surface area contributed by atoms with Crippen LogP contribution in [-0.2, 0) is 16.0 Å². The Bertz CT molecular complexity index is 490. The number of rotatable bonds is 5. The maximum atomic E-state index is 14.2. The third kappa shape index (κ3) is 3.87. The smallest absolute Gasteiger partial charge is 0.306 e. The molecule has 1 aliphatic rings. The van der Waals surface area contributed by atoms with Crippen LogP contribution in [0.1, 0.15) is 19.0 Å². The lowest BCUT2D eigenvalue weighted by Gasteiger charge is -2.35. The van der Waals surface area contributed by atoms with Gasteiger partial charge in [0, 0.05) is 32.7 Å². The molecule has 0 N–H and O–H groups in total. The first-order chi connectivity index (χ1) is 10.2. The number of ether oxygens (including phenoxy) is 1. The molecule has 1 saturated heterocycles. The predicted octanol–water partition coefficient (Wildman–Crippen LogP) is 0.863. The molecule has 0 atom stereocenters. The van der Waals surface area contributed by atoms with Crippen molar-refractivity contribution in [2.24, 2.45) is 0 Å². The van der Waals surface area contributed by atoms with Gasteiger partial charge in [-0.2, -0.15) is 0 Å². The summed E-state index contributed by atoms with van der Waals surface area (Å²) in [4.78, 5) is 23.3. The van der Waals surface area contributed by atoms with E-state index < -0.39 is 0 Å². The highest BCUT2D eigenvalue weighted by Gasteiger charge is 2.22. The zero-order valence-electron chi connectivity index (χ0n) is 12.5. The minimum Gasteiger partial charge on any atom is -0.469 e. The molecule has 1 aliphatic heterocycles. The van der Waals surface area contributed by atoms with E-state index in [4.69, 9.17) is 0 Å². The Morgan fingerprint density at radius 1 is 1.33 bits per heavy atom. The summed E-state index contributed by atoms with van der Waals surface area (Å²) in [5.74, 6) is -0.135. The monoisotopic (exact) mass is 296 g/mol. The summed E-state index contributed by atoms with van der Waals surface area (Å²) in [5, 5.41) is 0. The average Bonchev–Trinajstić information content (AvgIpc) is 2.53. The molecule has 1 aromatic rings. The van der Waals surface area contributed by atoms with Crippen molar-refractivity contribution in [2.45, 2.75) is 19.8 Å². The van der Waals surface area contributed by atoms with Gasteiger partial charge in [-0.05, 0) is 6.42 Å². The van der Waals surface area contributed by atoms with Gasteiger partial charge in [-0.25, -0.2) is 14.4 Å². The van der Waals surface area contributed by atoms with Crippen LogP contribution in [-0.4, -0.2) is 60.7 Å². The van der Waals surface area contributed by atoms with E-state index in [1.807, 2.05) is 11.8 Å². The number of methoxy groups -OCH3 is 1. The van der Waals surface area contributed by atoms with Gasteiger partial charge in [0.2, 0.25) is 0 Å². The number of nitrogens with zero attached hydrogens (tertiary/aromatic N) is 4. The first-order valence-electron chi connectivity index (χ1n) is 7.19. The Kier molecular flexibility index (Phi) is 5.44. The molecule has 0 amide bonds. The summed E-state index contributed by atoms with van der Waals surface area (Å²) < 4.78 is 18.8. The van der Waals surface area contributed by atoms with E-state index in [1.165, 1.54) is 13.4 Å². The summed E-state index contributed by atoms with van der Waals surface area (Å²) in [6.07, 6.45) is 2.36. The van der Waals surface area contributed by atoms with Gasteiger partial charge in [0.1, 0.15) is 6.33 Å². The number of aryl methyl sites for hydroxylation is 1. The van der Waals surface area contributed by atoms with Gasteiger partial charge >= 0.3 is 5.97 Å². The van der Waals surface area contributed by atoms with Crippen LogP contribution in [0.25, 0.3) is 0 Å². The fourth-order valence-corrected chi connectivity index (χ4v) is 2.40. The molecule has 0 unspecified atom stereocenters. The Labute approximate surface area is 123 Å². The number of hydrogen-bond acceptors (Lipinski definition) is 6. The van der Waals surface area contributed by atoms with Crippen molar-refractivity contribution in [1.82, 2.24) is 14.9 Å². The molecule has 0 spiro atoms. The van der Waals surface area contributed by atoms with Crippen LogP contribution in [0.5, 0.6) is 0 Å². The van der Waals surface area contributed by atoms with Crippen LogP contribution in [0.2, 0.25) is 0 Å².